The summed E-state index contributed by atoms with van der Waals surface area (Å²) >= 11 is 3.40. The largest absolute Gasteiger partial charge is 0.493 e. The number of pyridine rings is 1. The van der Waals surface area contributed by atoms with Gasteiger partial charge >= 0.3 is 0 Å². The van der Waals surface area contributed by atoms with Crippen LogP contribution in [0.15, 0.2) is 53.1 Å². The third-order valence-corrected chi connectivity index (χ3v) is 3.87. The summed E-state index contributed by atoms with van der Waals surface area (Å²) in [7, 11) is 1.62. The normalized spacial score (nSPS) is 10.4. The van der Waals surface area contributed by atoms with Gasteiger partial charge in [-0.1, -0.05) is 28.1 Å². The molecule has 0 radical (unpaired) electrons. The van der Waals surface area contributed by atoms with E-state index in [4.69, 9.17) is 9.47 Å². The average molecular weight is 393 g/mol. The highest BCUT2D eigenvalue weighted by atomic mass is 79.9. The van der Waals surface area contributed by atoms with Gasteiger partial charge in [0, 0.05) is 24.3 Å². The minimum absolute atomic E-state index is 0.0210. The predicted molar refractivity (Wildman–Crippen MR) is 95.8 cm³/mol. The first-order valence-corrected chi connectivity index (χ1v) is 8.53. The summed E-state index contributed by atoms with van der Waals surface area (Å²) in [5.41, 5.74) is 0.856. The van der Waals surface area contributed by atoms with Crippen molar-refractivity contribution in [3.05, 3.63) is 58.8 Å². The number of amides is 1. The number of nitrogens with zero attached hydrogens (tertiary/aromatic N) is 2. The van der Waals surface area contributed by atoms with Crippen molar-refractivity contribution in [2.75, 3.05) is 26.9 Å². The SMILES string of the molecule is COCCN(Cc1ccccn1)C(=O)CCOc1cccc(Br)c1. The van der Waals surface area contributed by atoms with Gasteiger partial charge in [-0.3, -0.25) is 9.78 Å². The third kappa shape index (κ3) is 6.29. The van der Waals surface area contributed by atoms with Crippen LogP contribution in [0.1, 0.15) is 12.1 Å². The number of rotatable bonds is 9. The van der Waals surface area contributed by atoms with Gasteiger partial charge in [-0.15, -0.1) is 0 Å². The number of hydrogen-bond donors (Lipinski definition) is 0. The van der Waals surface area contributed by atoms with E-state index < -0.39 is 0 Å². The van der Waals surface area contributed by atoms with E-state index in [-0.39, 0.29) is 5.91 Å². The second-order valence-electron chi connectivity index (χ2n) is 5.19. The van der Waals surface area contributed by atoms with E-state index in [1.54, 1.807) is 18.2 Å². The van der Waals surface area contributed by atoms with Gasteiger partial charge in [0.25, 0.3) is 0 Å². The van der Waals surface area contributed by atoms with Crippen LogP contribution < -0.4 is 4.74 Å². The first-order chi connectivity index (χ1) is 11.7. The van der Waals surface area contributed by atoms with E-state index in [1.807, 2.05) is 42.5 Å². The fourth-order valence-electron chi connectivity index (χ4n) is 2.15. The number of aromatic nitrogens is 1. The Morgan fingerprint density at radius 1 is 1.21 bits per heavy atom. The Morgan fingerprint density at radius 2 is 2.08 bits per heavy atom. The van der Waals surface area contributed by atoms with Crippen LogP contribution in [0.5, 0.6) is 5.75 Å². The van der Waals surface area contributed by atoms with Gasteiger partial charge in [0.2, 0.25) is 5.91 Å². The molecule has 0 saturated carbocycles. The van der Waals surface area contributed by atoms with Crippen LogP contribution in [-0.4, -0.2) is 42.7 Å². The lowest BCUT2D eigenvalue weighted by Crippen LogP contribution is -2.34. The zero-order valence-electron chi connectivity index (χ0n) is 13.7. The Kier molecular flexibility index (Phi) is 7.71. The smallest absolute Gasteiger partial charge is 0.226 e. The standard InChI is InChI=1S/C18H21BrN2O3/c1-23-12-10-21(14-16-6-2-3-9-20-16)18(22)8-11-24-17-7-4-5-15(19)13-17/h2-7,9,13H,8,10-12,14H2,1H3. The summed E-state index contributed by atoms with van der Waals surface area (Å²) in [5.74, 6) is 0.762. The minimum atomic E-state index is 0.0210. The van der Waals surface area contributed by atoms with E-state index in [0.29, 0.717) is 32.7 Å². The summed E-state index contributed by atoms with van der Waals surface area (Å²) in [6.45, 7) is 1.83. The lowest BCUT2D eigenvalue weighted by molar-refractivity contribution is -0.133. The van der Waals surface area contributed by atoms with Gasteiger partial charge in [0.1, 0.15) is 5.75 Å². The number of methoxy groups -OCH3 is 1. The molecule has 128 valence electrons. The van der Waals surface area contributed by atoms with E-state index in [0.717, 1.165) is 15.9 Å². The van der Waals surface area contributed by atoms with Crippen molar-refractivity contribution in [1.82, 2.24) is 9.88 Å². The van der Waals surface area contributed by atoms with Crippen molar-refractivity contribution >= 4 is 21.8 Å². The van der Waals surface area contributed by atoms with Gasteiger partial charge in [-0.05, 0) is 30.3 Å². The van der Waals surface area contributed by atoms with Gasteiger partial charge in [-0.25, -0.2) is 0 Å². The summed E-state index contributed by atoms with van der Waals surface area (Å²) in [4.78, 5) is 18.5. The Morgan fingerprint density at radius 3 is 2.79 bits per heavy atom. The molecule has 2 aromatic rings. The molecule has 1 heterocycles. The molecular weight excluding hydrogens is 372 g/mol. The molecular formula is C18H21BrN2O3. The second kappa shape index (κ2) is 10.1. The van der Waals surface area contributed by atoms with Crippen LogP contribution in [0.25, 0.3) is 0 Å². The van der Waals surface area contributed by atoms with Gasteiger partial charge < -0.3 is 14.4 Å². The Bertz CT molecular complexity index is 637. The molecule has 0 spiro atoms. The van der Waals surface area contributed by atoms with E-state index in [1.165, 1.54) is 0 Å². The quantitative estimate of drug-likeness (QED) is 0.656. The first-order valence-electron chi connectivity index (χ1n) is 7.74. The molecule has 0 saturated heterocycles. The Hall–Kier alpha value is -1.92. The topological polar surface area (TPSA) is 51.7 Å². The molecule has 0 aliphatic carbocycles. The number of carbonyl (C=O) groups is 1. The molecule has 1 aromatic heterocycles. The van der Waals surface area contributed by atoms with Crippen molar-refractivity contribution in [3.8, 4) is 5.75 Å². The molecule has 0 unspecified atom stereocenters. The number of hydrogen-bond acceptors (Lipinski definition) is 4. The van der Waals surface area contributed by atoms with Crippen LogP contribution in [-0.2, 0) is 16.1 Å². The molecule has 0 N–H and O–H groups in total. The third-order valence-electron chi connectivity index (χ3n) is 3.38. The lowest BCUT2D eigenvalue weighted by atomic mass is 10.3. The molecule has 2 rings (SSSR count). The van der Waals surface area contributed by atoms with Crippen LogP contribution in [0.3, 0.4) is 0 Å². The maximum Gasteiger partial charge on any atom is 0.226 e. The number of benzene rings is 1. The zero-order chi connectivity index (χ0) is 17.2. The molecule has 6 heteroatoms. The molecule has 5 nitrogen and oxygen atoms in total. The molecule has 24 heavy (non-hydrogen) atoms. The molecule has 0 aliphatic rings. The van der Waals surface area contributed by atoms with E-state index >= 15 is 0 Å². The van der Waals surface area contributed by atoms with Crippen molar-refractivity contribution in [1.29, 1.82) is 0 Å². The monoisotopic (exact) mass is 392 g/mol. The molecule has 0 bridgehead atoms. The molecule has 1 aromatic carbocycles. The van der Waals surface area contributed by atoms with E-state index in [9.17, 15) is 4.79 Å². The van der Waals surface area contributed by atoms with Gasteiger partial charge in [0.05, 0.1) is 31.9 Å². The second-order valence-corrected chi connectivity index (χ2v) is 6.10. The van der Waals surface area contributed by atoms with E-state index in [2.05, 4.69) is 20.9 Å². The Balaban J connectivity index is 1.87. The van der Waals surface area contributed by atoms with Crippen molar-refractivity contribution in [3.63, 3.8) is 0 Å². The van der Waals surface area contributed by atoms with Crippen LogP contribution in [0.4, 0.5) is 0 Å². The number of ether oxygens (including phenoxy) is 2. The highest BCUT2D eigenvalue weighted by molar-refractivity contribution is 9.10. The van der Waals surface area contributed by atoms with Gasteiger partial charge in [-0.2, -0.15) is 0 Å². The highest BCUT2D eigenvalue weighted by Crippen LogP contribution is 2.18. The van der Waals surface area contributed by atoms with Crippen molar-refractivity contribution in [2.45, 2.75) is 13.0 Å². The number of carbonyl (C=O) groups excluding carboxylic acids is 1. The fraction of sp³-hybridized carbons (Fsp3) is 0.333. The molecule has 0 aliphatic heterocycles. The summed E-state index contributed by atoms with van der Waals surface area (Å²) in [6.07, 6.45) is 2.04. The summed E-state index contributed by atoms with van der Waals surface area (Å²) in [5, 5.41) is 0. The fourth-order valence-corrected chi connectivity index (χ4v) is 2.53. The number of halogens is 1. The maximum atomic E-state index is 12.5. The zero-order valence-corrected chi connectivity index (χ0v) is 15.2. The lowest BCUT2D eigenvalue weighted by Gasteiger charge is -2.22. The minimum Gasteiger partial charge on any atom is -0.493 e. The summed E-state index contributed by atoms with van der Waals surface area (Å²) < 4.78 is 11.7. The van der Waals surface area contributed by atoms with Gasteiger partial charge in [0.15, 0.2) is 0 Å². The van der Waals surface area contributed by atoms with Crippen molar-refractivity contribution in [2.24, 2.45) is 0 Å². The van der Waals surface area contributed by atoms with Crippen molar-refractivity contribution < 1.29 is 14.3 Å². The summed E-state index contributed by atoms with van der Waals surface area (Å²) in [6, 6.07) is 13.2. The molecule has 0 atom stereocenters. The first kappa shape index (κ1) is 18.4. The van der Waals surface area contributed by atoms with Crippen LogP contribution >= 0.6 is 15.9 Å². The molecule has 1 amide bonds. The predicted octanol–water partition coefficient (Wildman–Crippen LogP) is 3.29. The molecule has 0 fully saturated rings. The average Bonchev–Trinajstić information content (AvgIpc) is 2.59. The van der Waals surface area contributed by atoms with Crippen LogP contribution in [0, 0.1) is 0 Å². The maximum absolute atomic E-state index is 12.5. The highest BCUT2D eigenvalue weighted by Gasteiger charge is 2.14. The Labute approximate surface area is 150 Å². The van der Waals surface area contributed by atoms with Crippen LogP contribution in [0.2, 0.25) is 0 Å².